The molecule has 0 spiro atoms. The molecule has 2 aromatic rings. The molecule has 0 aromatic carbocycles. The van der Waals surface area contributed by atoms with Crippen molar-refractivity contribution in [2.24, 2.45) is 5.92 Å². The Bertz CT molecular complexity index is 720. The standard InChI is InChI=1S/C18H20ClN3OS/c19-17-4-3-16(24-17)18(23)22-11-14-1-2-15(22)12-21(10-14)9-13-5-7-20-8-6-13/h3-8,14-15H,1-2,9-12H2/t14-,15+/m0/s1. The summed E-state index contributed by atoms with van der Waals surface area (Å²) in [5.41, 5.74) is 1.29. The molecule has 3 aliphatic heterocycles. The van der Waals surface area contributed by atoms with Crippen LogP contribution in [-0.2, 0) is 6.54 Å². The van der Waals surface area contributed by atoms with Crippen molar-refractivity contribution in [2.75, 3.05) is 19.6 Å². The predicted molar refractivity (Wildman–Crippen MR) is 96.4 cm³/mol. The summed E-state index contributed by atoms with van der Waals surface area (Å²) < 4.78 is 0.678. The molecule has 1 amide bonds. The van der Waals surface area contributed by atoms with E-state index < -0.39 is 0 Å². The molecule has 0 aliphatic carbocycles. The smallest absolute Gasteiger partial charge is 0.264 e. The van der Waals surface area contributed by atoms with E-state index in [4.69, 9.17) is 11.6 Å². The molecule has 0 unspecified atom stereocenters. The van der Waals surface area contributed by atoms with Crippen molar-refractivity contribution in [3.63, 3.8) is 0 Å². The fourth-order valence-electron chi connectivity index (χ4n) is 3.87. The van der Waals surface area contributed by atoms with Crippen LogP contribution in [0.25, 0.3) is 0 Å². The molecule has 0 saturated carbocycles. The second-order valence-electron chi connectivity index (χ2n) is 6.71. The monoisotopic (exact) mass is 361 g/mol. The Balaban J connectivity index is 1.49. The average Bonchev–Trinajstić information content (AvgIpc) is 2.84. The number of carbonyl (C=O) groups excluding carboxylic acids is 1. The number of fused-ring (bicyclic) bond motifs is 4. The number of amides is 1. The first-order chi connectivity index (χ1) is 11.7. The van der Waals surface area contributed by atoms with Crippen LogP contribution in [0, 0.1) is 5.92 Å². The van der Waals surface area contributed by atoms with Gasteiger partial charge in [-0.3, -0.25) is 14.7 Å². The van der Waals surface area contributed by atoms with E-state index in [1.54, 1.807) is 0 Å². The molecule has 6 heteroatoms. The van der Waals surface area contributed by atoms with Crippen LogP contribution in [0.3, 0.4) is 0 Å². The number of rotatable bonds is 3. The fraction of sp³-hybridized carbons (Fsp3) is 0.444. The van der Waals surface area contributed by atoms with Gasteiger partial charge in [0.25, 0.3) is 5.91 Å². The van der Waals surface area contributed by atoms with E-state index in [0.717, 1.165) is 37.5 Å². The Morgan fingerprint density at radius 3 is 2.75 bits per heavy atom. The number of pyridine rings is 1. The quantitative estimate of drug-likeness (QED) is 0.839. The van der Waals surface area contributed by atoms with Crippen molar-refractivity contribution in [3.8, 4) is 0 Å². The summed E-state index contributed by atoms with van der Waals surface area (Å²) in [5.74, 6) is 0.706. The van der Waals surface area contributed by atoms with Crippen molar-refractivity contribution in [1.29, 1.82) is 0 Å². The van der Waals surface area contributed by atoms with E-state index in [9.17, 15) is 4.79 Å². The van der Waals surface area contributed by atoms with Crippen molar-refractivity contribution < 1.29 is 4.79 Å². The molecule has 5 heterocycles. The molecule has 5 rings (SSSR count). The summed E-state index contributed by atoms with van der Waals surface area (Å²) in [6.07, 6.45) is 6.01. The Labute approximate surface area is 151 Å². The lowest BCUT2D eigenvalue weighted by Gasteiger charge is -2.36. The zero-order valence-electron chi connectivity index (χ0n) is 13.4. The Morgan fingerprint density at radius 1 is 1.17 bits per heavy atom. The van der Waals surface area contributed by atoms with Crippen LogP contribution in [0.1, 0.15) is 28.1 Å². The lowest BCUT2D eigenvalue weighted by Crippen LogP contribution is -2.47. The van der Waals surface area contributed by atoms with Crippen LogP contribution in [0.15, 0.2) is 36.7 Å². The first kappa shape index (κ1) is 16.1. The zero-order chi connectivity index (χ0) is 16.5. The Kier molecular flexibility index (Phi) is 4.57. The molecule has 2 atom stereocenters. The summed E-state index contributed by atoms with van der Waals surface area (Å²) in [6.45, 7) is 3.81. The highest BCUT2D eigenvalue weighted by Gasteiger charge is 2.37. The maximum absolute atomic E-state index is 12.9. The minimum absolute atomic E-state index is 0.146. The number of nitrogens with zero attached hydrogens (tertiary/aromatic N) is 3. The number of thiophene rings is 1. The summed E-state index contributed by atoms with van der Waals surface area (Å²) in [7, 11) is 0. The molecule has 0 radical (unpaired) electrons. The highest BCUT2D eigenvalue weighted by atomic mass is 35.5. The summed E-state index contributed by atoms with van der Waals surface area (Å²) in [5, 5.41) is 0. The van der Waals surface area contributed by atoms with Crippen molar-refractivity contribution in [1.82, 2.24) is 14.8 Å². The van der Waals surface area contributed by atoms with Gasteiger partial charge in [0.05, 0.1) is 9.21 Å². The molecule has 2 bridgehead atoms. The van der Waals surface area contributed by atoms with Gasteiger partial charge in [-0.15, -0.1) is 11.3 Å². The third-order valence-electron chi connectivity index (χ3n) is 4.99. The van der Waals surface area contributed by atoms with E-state index in [-0.39, 0.29) is 5.91 Å². The van der Waals surface area contributed by atoms with E-state index in [1.807, 2.05) is 24.5 Å². The van der Waals surface area contributed by atoms with Crippen LogP contribution in [0.2, 0.25) is 4.34 Å². The van der Waals surface area contributed by atoms with Crippen LogP contribution in [-0.4, -0.2) is 46.4 Å². The number of piperidine rings is 1. The largest absolute Gasteiger partial charge is 0.333 e. The third-order valence-corrected chi connectivity index (χ3v) is 6.21. The minimum Gasteiger partial charge on any atom is -0.333 e. The van der Waals surface area contributed by atoms with Crippen LogP contribution in [0.5, 0.6) is 0 Å². The van der Waals surface area contributed by atoms with Crippen molar-refractivity contribution >= 4 is 28.8 Å². The Hall–Kier alpha value is -1.43. The van der Waals surface area contributed by atoms with Gasteiger partial charge >= 0.3 is 0 Å². The highest BCUT2D eigenvalue weighted by molar-refractivity contribution is 7.17. The van der Waals surface area contributed by atoms with Gasteiger partial charge in [-0.2, -0.15) is 0 Å². The van der Waals surface area contributed by atoms with E-state index in [2.05, 4.69) is 26.9 Å². The number of aromatic nitrogens is 1. The normalized spacial score (nSPS) is 24.1. The average molecular weight is 362 g/mol. The SMILES string of the molecule is O=C(c1ccc(Cl)s1)N1C[C@H]2CC[C@@H]1CN(Cc1ccncc1)C2. The van der Waals surface area contributed by atoms with Crippen LogP contribution >= 0.6 is 22.9 Å². The predicted octanol–water partition coefficient (Wildman–Crippen LogP) is 3.53. The minimum atomic E-state index is 0.146. The molecule has 3 fully saturated rings. The lowest BCUT2D eigenvalue weighted by atomic mass is 9.95. The highest BCUT2D eigenvalue weighted by Crippen LogP contribution is 2.31. The first-order valence-electron chi connectivity index (χ1n) is 8.36. The summed E-state index contributed by atoms with van der Waals surface area (Å²) >= 11 is 7.38. The van der Waals surface area contributed by atoms with Gasteiger partial charge < -0.3 is 4.90 Å². The molecule has 126 valence electrons. The molecule has 3 aliphatic rings. The molecular formula is C18H20ClN3OS. The topological polar surface area (TPSA) is 36.4 Å². The summed E-state index contributed by atoms with van der Waals surface area (Å²) in [6, 6.07) is 8.11. The molecule has 2 aromatic heterocycles. The van der Waals surface area contributed by atoms with E-state index in [0.29, 0.717) is 16.3 Å². The third kappa shape index (κ3) is 3.34. The fourth-order valence-corrected chi connectivity index (χ4v) is 4.87. The van der Waals surface area contributed by atoms with Gasteiger partial charge in [-0.1, -0.05) is 11.6 Å². The number of hydrogen-bond acceptors (Lipinski definition) is 4. The van der Waals surface area contributed by atoms with Crippen molar-refractivity contribution in [3.05, 3.63) is 51.4 Å². The Morgan fingerprint density at radius 2 is 2.00 bits per heavy atom. The van der Waals surface area contributed by atoms with Crippen LogP contribution in [0.4, 0.5) is 0 Å². The number of carbonyl (C=O) groups is 1. The van der Waals surface area contributed by atoms with Gasteiger partial charge in [-0.25, -0.2) is 0 Å². The second-order valence-corrected chi connectivity index (χ2v) is 8.42. The van der Waals surface area contributed by atoms with E-state index >= 15 is 0 Å². The molecular weight excluding hydrogens is 342 g/mol. The van der Waals surface area contributed by atoms with E-state index in [1.165, 1.54) is 23.3 Å². The lowest BCUT2D eigenvalue weighted by molar-refractivity contribution is 0.0590. The first-order valence-corrected chi connectivity index (χ1v) is 9.56. The number of halogens is 1. The maximum Gasteiger partial charge on any atom is 0.264 e. The molecule has 0 N–H and O–H groups in total. The number of hydrogen-bond donors (Lipinski definition) is 0. The summed E-state index contributed by atoms with van der Waals surface area (Å²) in [4.78, 5) is 22.3. The zero-order valence-corrected chi connectivity index (χ0v) is 15.0. The van der Waals surface area contributed by atoms with Gasteiger partial charge in [0, 0.05) is 44.6 Å². The van der Waals surface area contributed by atoms with Crippen molar-refractivity contribution in [2.45, 2.75) is 25.4 Å². The molecule has 3 saturated heterocycles. The van der Waals surface area contributed by atoms with Gasteiger partial charge in [-0.05, 0) is 48.6 Å². The van der Waals surface area contributed by atoms with Crippen LogP contribution < -0.4 is 0 Å². The van der Waals surface area contributed by atoms with Gasteiger partial charge in [0.1, 0.15) is 0 Å². The van der Waals surface area contributed by atoms with Gasteiger partial charge in [0.15, 0.2) is 0 Å². The molecule has 4 nitrogen and oxygen atoms in total. The second kappa shape index (κ2) is 6.82. The molecule has 24 heavy (non-hydrogen) atoms. The van der Waals surface area contributed by atoms with Gasteiger partial charge in [0.2, 0.25) is 0 Å². The maximum atomic E-state index is 12.9.